The van der Waals surface area contributed by atoms with Crippen LogP contribution in [0.25, 0.3) is 0 Å². The second-order valence-electron chi connectivity index (χ2n) is 4.90. The Kier molecular flexibility index (Phi) is 1.80. The van der Waals surface area contributed by atoms with Crippen molar-refractivity contribution in [3.63, 3.8) is 0 Å². The number of piperidine rings is 1. The Hall–Kier alpha value is -0.0400. The molecule has 1 heteroatoms. The third kappa shape index (κ3) is 1.98. The zero-order valence-corrected chi connectivity index (χ0v) is 7.62. The van der Waals surface area contributed by atoms with Gasteiger partial charge in [0.25, 0.3) is 0 Å². The van der Waals surface area contributed by atoms with Gasteiger partial charge in [0.2, 0.25) is 0 Å². The zero-order chi connectivity index (χ0) is 7.83. The lowest BCUT2D eigenvalue weighted by Crippen LogP contribution is -2.48. The van der Waals surface area contributed by atoms with Gasteiger partial charge in [0.05, 0.1) is 0 Å². The molecule has 0 aromatic carbocycles. The maximum Gasteiger partial charge on any atom is 0.0130 e. The molecule has 0 unspecified atom stereocenters. The van der Waals surface area contributed by atoms with Crippen LogP contribution in [0.2, 0.25) is 0 Å². The summed E-state index contributed by atoms with van der Waals surface area (Å²) in [5, 5.41) is 3.51. The Morgan fingerprint density at radius 3 is 2.00 bits per heavy atom. The van der Waals surface area contributed by atoms with Crippen LogP contribution in [0, 0.1) is 5.41 Å². The Morgan fingerprint density at radius 2 is 1.70 bits per heavy atom. The molecule has 60 valence electrons. The van der Waals surface area contributed by atoms with Crippen LogP contribution in [0.3, 0.4) is 0 Å². The number of hydrogen-bond acceptors (Lipinski definition) is 1. The Morgan fingerprint density at radius 1 is 1.10 bits per heavy atom. The van der Waals surface area contributed by atoms with E-state index >= 15 is 0 Å². The minimum absolute atomic E-state index is 0.363. The molecule has 0 bridgehead atoms. The molecule has 1 heterocycles. The summed E-state index contributed by atoms with van der Waals surface area (Å²) in [7, 11) is 0. The molecule has 10 heavy (non-hydrogen) atoms. The summed E-state index contributed by atoms with van der Waals surface area (Å²) in [5.74, 6) is 0. The van der Waals surface area contributed by atoms with Crippen molar-refractivity contribution in [3.8, 4) is 0 Å². The van der Waals surface area contributed by atoms with Crippen molar-refractivity contribution < 1.29 is 0 Å². The minimum Gasteiger partial charge on any atom is -0.312 e. The van der Waals surface area contributed by atoms with Crippen molar-refractivity contribution in [3.05, 3.63) is 0 Å². The molecule has 1 fully saturated rings. The van der Waals surface area contributed by atoms with Gasteiger partial charge in [-0.25, -0.2) is 0 Å². The summed E-state index contributed by atoms with van der Waals surface area (Å²) < 4.78 is 0. The summed E-state index contributed by atoms with van der Waals surface area (Å²) in [6.07, 6.45) is 2.61. The highest BCUT2D eigenvalue weighted by Gasteiger charge is 2.32. The van der Waals surface area contributed by atoms with Gasteiger partial charge in [0.1, 0.15) is 0 Å². The third-order valence-electron chi connectivity index (χ3n) is 2.33. The first-order valence-corrected chi connectivity index (χ1v) is 4.16. The van der Waals surface area contributed by atoms with Crippen molar-refractivity contribution in [2.24, 2.45) is 5.41 Å². The molecule has 0 amide bonds. The zero-order valence-electron chi connectivity index (χ0n) is 7.62. The first-order chi connectivity index (χ1) is 4.41. The Balaban J connectivity index is 2.56. The van der Waals surface area contributed by atoms with Gasteiger partial charge < -0.3 is 5.32 Å². The number of hydrogen-bond donors (Lipinski definition) is 1. The summed E-state index contributed by atoms with van der Waals surface area (Å²) in [6.45, 7) is 10.5. The lowest BCUT2D eigenvalue weighted by atomic mass is 9.75. The van der Waals surface area contributed by atoms with Crippen LogP contribution in [-0.2, 0) is 0 Å². The SMILES string of the molecule is CC1(C)CCNC(C)(C)C1. The van der Waals surface area contributed by atoms with E-state index in [1.165, 1.54) is 19.4 Å². The third-order valence-corrected chi connectivity index (χ3v) is 2.33. The van der Waals surface area contributed by atoms with Crippen LogP contribution >= 0.6 is 0 Å². The van der Waals surface area contributed by atoms with E-state index < -0.39 is 0 Å². The first-order valence-electron chi connectivity index (χ1n) is 4.16. The molecule has 0 spiro atoms. The summed E-state index contributed by atoms with van der Waals surface area (Å²) >= 11 is 0. The molecule has 0 atom stereocenters. The maximum absolute atomic E-state index is 3.51. The fourth-order valence-corrected chi connectivity index (χ4v) is 2.09. The van der Waals surface area contributed by atoms with E-state index in [4.69, 9.17) is 0 Å². The molecule has 1 nitrogen and oxygen atoms in total. The van der Waals surface area contributed by atoms with Crippen LogP contribution < -0.4 is 5.32 Å². The predicted molar refractivity (Wildman–Crippen MR) is 45.1 cm³/mol. The van der Waals surface area contributed by atoms with E-state index in [9.17, 15) is 0 Å². The monoisotopic (exact) mass is 141 g/mol. The molecular formula is C9H19N. The highest BCUT2D eigenvalue weighted by atomic mass is 15.0. The van der Waals surface area contributed by atoms with Gasteiger partial charge >= 0.3 is 0 Å². The van der Waals surface area contributed by atoms with Gasteiger partial charge in [-0.2, -0.15) is 0 Å². The van der Waals surface area contributed by atoms with Gasteiger partial charge in [-0.05, 0) is 38.6 Å². The van der Waals surface area contributed by atoms with Crippen LogP contribution in [-0.4, -0.2) is 12.1 Å². The molecule has 0 saturated carbocycles. The molecule has 1 N–H and O–H groups in total. The lowest BCUT2D eigenvalue weighted by Gasteiger charge is -2.41. The average molecular weight is 141 g/mol. The van der Waals surface area contributed by atoms with Crippen molar-refractivity contribution in [2.45, 2.75) is 46.1 Å². The molecule has 0 aromatic rings. The van der Waals surface area contributed by atoms with E-state index in [2.05, 4.69) is 33.0 Å². The maximum atomic E-state index is 3.51. The van der Waals surface area contributed by atoms with Gasteiger partial charge in [0.15, 0.2) is 0 Å². The normalized spacial score (nSPS) is 30.0. The predicted octanol–water partition coefficient (Wildman–Crippen LogP) is 2.17. The van der Waals surface area contributed by atoms with Gasteiger partial charge in [0, 0.05) is 5.54 Å². The molecule has 0 radical (unpaired) electrons. The molecule has 1 saturated heterocycles. The van der Waals surface area contributed by atoms with Crippen LogP contribution in [0.15, 0.2) is 0 Å². The second-order valence-corrected chi connectivity index (χ2v) is 4.90. The van der Waals surface area contributed by atoms with E-state index in [1.807, 2.05) is 0 Å². The Labute approximate surface area is 64.2 Å². The van der Waals surface area contributed by atoms with Crippen LogP contribution in [0.5, 0.6) is 0 Å². The van der Waals surface area contributed by atoms with Crippen molar-refractivity contribution in [1.82, 2.24) is 5.32 Å². The topological polar surface area (TPSA) is 12.0 Å². The second kappa shape index (κ2) is 2.23. The van der Waals surface area contributed by atoms with Gasteiger partial charge in [-0.15, -0.1) is 0 Å². The molecule has 1 aliphatic rings. The summed E-state index contributed by atoms with van der Waals surface area (Å²) in [5.41, 5.74) is 0.913. The molecule has 1 aliphatic heterocycles. The summed E-state index contributed by atoms with van der Waals surface area (Å²) in [4.78, 5) is 0. The average Bonchev–Trinajstić information content (AvgIpc) is 1.56. The number of rotatable bonds is 0. The summed E-state index contributed by atoms with van der Waals surface area (Å²) in [6, 6.07) is 0. The van der Waals surface area contributed by atoms with Gasteiger partial charge in [-0.3, -0.25) is 0 Å². The standard InChI is InChI=1S/C9H19N/c1-8(2)5-6-10-9(3,4)7-8/h10H,5-7H2,1-4H3. The van der Waals surface area contributed by atoms with Crippen LogP contribution in [0.4, 0.5) is 0 Å². The van der Waals surface area contributed by atoms with E-state index in [0.29, 0.717) is 11.0 Å². The molecule has 1 rings (SSSR count). The molecule has 0 aliphatic carbocycles. The quantitative estimate of drug-likeness (QED) is 0.545. The Bertz CT molecular complexity index is 111. The lowest BCUT2D eigenvalue weighted by molar-refractivity contribution is 0.157. The highest BCUT2D eigenvalue weighted by molar-refractivity contribution is 4.90. The first kappa shape index (κ1) is 8.06. The fraction of sp³-hybridized carbons (Fsp3) is 1.00. The van der Waals surface area contributed by atoms with E-state index in [-0.39, 0.29) is 0 Å². The highest BCUT2D eigenvalue weighted by Crippen LogP contribution is 2.34. The van der Waals surface area contributed by atoms with E-state index in [0.717, 1.165) is 0 Å². The fourth-order valence-electron chi connectivity index (χ4n) is 2.09. The van der Waals surface area contributed by atoms with Crippen molar-refractivity contribution >= 4 is 0 Å². The molecule has 0 aromatic heterocycles. The van der Waals surface area contributed by atoms with Crippen LogP contribution in [0.1, 0.15) is 40.5 Å². The van der Waals surface area contributed by atoms with Crippen molar-refractivity contribution in [1.29, 1.82) is 0 Å². The number of nitrogens with one attached hydrogen (secondary N) is 1. The minimum atomic E-state index is 0.363. The van der Waals surface area contributed by atoms with Gasteiger partial charge in [-0.1, -0.05) is 13.8 Å². The van der Waals surface area contributed by atoms with Crippen molar-refractivity contribution in [2.75, 3.05) is 6.54 Å². The molecular weight excluding hydrogens is 122 g/mol. The largest absolute Gasteiger partial charge is 0.312 e. The van der Waals surface area contributed by atoms with E-state index in [1.54, 1.807) is 0 Å². The smallest absolute Gasteiger partial charge is 0.0130 e.